The van der Waals surface area contributed by atoms with Gasteiger partial charge in [-0.1, -0.05) is 0 Å². The second-order valence-electron chi connectivity index (χ2n) is 14.0. The smallest absolute Gasteiger partial charge is 0.346 e. The molecule has 0 aromatic heterocycles. The topological polar surface area (TPSA) is 522 Å². The SMILES string of the molecule is O=C(O)C(O)(C(=O)[C@](O)(C(=O)C1OC(O)C(O)C(O)C1O)[C@@H](O)[C@H](O)[C@H](O)CO[C@H]1O[C@H](CO[C@H]2O[C@H](CO)[C@@H](O)[C@H](O)[C@H]2O)[C@@H](O)[C@H](O)[C@H]1O)C(O)C(O)C(O)CO. The molecule has 3 aliphatic rings. The first-order valence-corrected chi connectivity index (χ1v) is 17.3. The molecule has 29 nitrogen and oxygen atoms in total. The van der Waals surface area contributed by atoms with E-state index >= 15 is 0 Å². The van der Waals surface area contributed by atoms with Crippen LogP contribution in [-0.2, 0) is 38.1 Å². The fourth-order valence-electron chi connectivity index (χ4n) is 6.24. The largest absolute Gasteiger partial charge is 0.479 e. The standard InChI is InChI=1S/C30H50O29/c31-1-5(33)9(35)22(47)30(54,28(51)52)27(50)29(53,23(48)20-16(42)15(41)17(43)24(49)59-20)21(46)10(36)6(34)3-55-25-19(45)14(40)12(38)8(58-25)4-56-26-18(44)13(39)11(37)7(2-32)57-26/h5-22,24-26,31-47,49,53-54H,1-4H2,(H,51,52)/t5?,6-,7-,8-,9?,10-,11-,12-,13+,14+,15?,16?,17?,18-,19-,20?,21+,22?,24?,25+,26+,29-,30?/m1/s1. The molecule has 29 heteroatoms. The van der Waals surface area contributed by atoms with E-state index in [-0.39, 0.29) is 0 Å². The highest BCUT2D eigenvalue weighted by Gasteiger charge is 2.68. The zero-order chi connectivity index (χ0) is 45.2. The number of aliphatic carboxylic acids is 1. The van der Waals surface area contributed by atoms with E-state index in [2.05, 4.69) is 4.74 Å². The Morgan fingerprint density at radius 3 is 1.53 bits per heavy atom. The first kappa shape index (κ1) is 51.2. The summed E-state index contributed by atoms with van der Waals surface area (Å²) in [6.45, 7) is -4.70. The van der Waals surface area contributed by atoms with Crippen molar-refractivity contribution in [3.05, 3.63) is 0 Å². The van der Waals surface area contributed by atoms with Gasteiger partial charge in [0.1, 0.15) is 104 Å². The molecule has 23 atom stereocenters. The van der Waals surface area contributed by atoms with Gasteiger partial charge in [0, 0.05) is 0 Å². The van der Waals surface area contributed by atoms with Gasteiger partial charge >= 0.3 is 5.97 Å². The van der Waals surface area contributed by atoms with Crippen molar-refractivity contribution in [3.8, 4) is 0 Å². The van der Waals surface area contributed by atoms with Gasteiger partial charge in [-0.2, -0.15) is 0 Å². The third kappa shape index (κ3) is 9.89. The summed E-state index contributed by atoms with van der Waals surface area (Å²) in [6, 6.07) is 0. The third-order valence-electron chi connectivity index (χ3n) is 10.1. The molecule has 0 aromatic carbocycles. The summed E-state index contributed by atoms with van der Waals surface area (Å²) in [5.41, 5.74) is -9.58. The molecule has 59 heavy (non-hydrogen) atoms. The van der Waals surface area contributed by atoms with Crippen molar-refractivity contribution in [2.45, 2.75) is 140 Å². The van der Waals surface area contributed by atoms with E-state index in [1.54, 1.807) is 0 Å². The van der Waals surface area contributed by atoms with E-state index in [9.17, 15) is 117 Å². The van der Waals surface area contributed by atoms with Crippen molar-refractivity contribution in [1.29, 1.82) is 0 Å². The predicted octanol–water partition coefficient (Wildman–Crippen LogP) is -14.7. The molecule has 3 aliphatic heterocycles. The minimum Gasteiger partial charge on any atom is -0.479 e. The Labute approximate surface area is 329 Å². The van der Waals surface area contributed by atoms with Gasteiger partial charge in [0.25, 0.3) is 5.60 Å². The zero-order valence-electron chi connectivity index (χ0n) is 30.1. The Bertz CT molecular complexity index is 1410. The molecule has 0 amide bonds. The summed E-state index contributed by atoms with van der Waals surface area (Å²) >= 11 is 0. The van der Waals surface area contributed by atoms with Crippen molar-refractivity contribution in [3.63, 3.8) is 0 Å². The van der Waals surface area contributed by atoms with Gasteiger partial charge in [-0.3, -0.25) is 9.59 Å². The number of carboxylic acids is 1. The summed E-state index contributed by atoms with van der Waals surface area (Å²) in [5.74, 6) is -8.57. The Balaban J connectivity index is 1.91. The number of hydrogen-bond donors (Lipinski definition) is 21. The summed E-state index contributed by atoms with van der Waals surface area (Å²) in [5, 5.41) is 215. The lowest BCUT2D eigenvalue weighted by Gasteiger charge is -2.44. The molecule has 3 fully saturated rings. The molecule has 0 saturated carbocycles. The van der Waals surface area contributed by atoms with Gasteiger partial charge in [-0.15, -0.1) is 0 Å². The maximum absolute atomic E-state index is 13.8. The van der Waals surface area contributed by atoms with Crippen molar-refractivity contribution >= 4 is 17.5 Å². The lowest BCUT2D eigenvalue weighted by molar-refractivity contribution is -0.333. The number of carboxylic acid groups (broad SMARTS) is 1. The maximum atomic E-state index is 13.8. The zero-order valence-corrected chi connectivity index (χ0v) is 30.1. The molecule has 0 bridgehead atoms. The molecule has 3 heterocycles. The van der Waals surface area contributed by atoms with Gasteiger partial charge in [-0.05, 0) is 0 Å². The van der Waals surface area contributed by atoms with Crippen molar-refractivity contribution in [1.82, 2.24) is 0 Å². The van der Waals surface area contributed by atoms with Crippen LogP contribution in [0.4, 0.5) is 0 Å². The van der Waals surface area contributed by atoms with Crippen LogP contribution in [0.1, 0.15) is 0 Å². The Kier molecular flexibility index (Phi) is 17.6. The van der Waals surface area contributed by atoms with Gasteiger partial charge in [-0.25, -0.2) is 4.79 Å². The summed E-state index contributed by atoms with van der Waals surface area (Å²) in [6.07, 6.45) is -51.6. The minimum absolute atomic E-state index is 0.857. The van der Waals surface area contributed by atoms with E-state index in [0.717, 1.165) is 0 Å². The summed E-state index contributed by atoms with van der Waals surface area (Å²) in [7, 11) is 0. The number of rotatable bonds is 19. The number of carbonyl (C=O) groups excluding carboxylic acids is 2. The highest BCUT2D eigenvalue weighted by Crippen LogP contribution is 2.34. The lowest BCUT2D eigenvalue weighted by Crippen LogP contribution is -2.76. The number of hydrogen-bond acceptors (Lipinski definition) is 28. The van der Waals surface area contributed by atoms with E-state index in [1.165, 1.54) is 0 Å². The van der Waals surface area contributed by atoms with Crippen LogP contribution in [0.25, 0.3) is 0 Å². The van der Waals surface area contributed by atoms with Crippen molar-refractivity contribution in [2.24, 2.45) is 0 Å². The number of carbonyl (C=O) groups is 3. The molecular weight excluding hydrogens is 824 g/mol. The monoisotopic (exact) mass is 874 g/mol. The molecule has 0 aromatic rings. The highest BCUT2D eigenvalue weighted by atomic mass is 16.7. The number of ketones is 2. The molecule has 3 saturated heterocycles. The normalized spacial score (nSPS) is 40.7. The fraction of sp³-hybridized carbons (Fsp3) is 0.900. The molecule has 344 valence electrons. The van der Waals surface area contributed by atoms with Crippen LogP contribution in [0.5, 0.6) is 0 Å². The van der Waals surface area contributed by atoms with Crippen LogP contribution >= 0.6 is 0 Å². The molecule has 9 unspecified atom stereocenters. The highest BCUT2D eigenvalue weighted by molar-refractivity contribution is 6.22. The van der Waals surface area contributed by atoms with Crippen LogP contribution in [0.3, 0.4) is 0 Å². The Morgan fingerprint density at radius 2 is 1.02 bits per heavy atom. The van der Waals surface area contributed by atoms with Crippen molar-refractivity contribution < 1.29 is 145 Å². The summed E-state index contributed by atoms with van der Waals surface area (Å²) < 4.78 is 25.4. The van der Waals surface area contributed by atoms with Crippen LogP contribution < -0.4 is 0 Å². The van der Waals surface area contributed by atoms with Crippen LogP contribution in [-0.4, -0.2) is 291 Å². The van der Waals surface area contributed by atoms with E-state index in [1.807, 2.05) is 0 Å². The lowest BCUT2D eigenvalue weighted by atomic mass is 9.71. The van der Waals surface area contributed by atoms with Crippen LogP contribution in [0.2, 0.25) is 0 Å². The average molecular weight is 875 g/mol. The second-order valence-corrected chi connectivity index (χ2v) is 14.0. The molecule has 0 aliphatic carbocycles. The van der Waals surface area contributed by atoms with E-state index < -0.39 is 184 Å². The fourth-order valence-corrected chi connectivity index (χ4v) is 6.24. The first-order valence-electron chi connectivity index (χ1n) is 17.3. The number of aliphatic hydroxyl groups excluding tert-OH is 18. The Hall–Kier alpha value is -2.19. The Morgan fingerprint density at radius 1 is 0.559 bits per heavy atom. The second kappa shape index (κ2) is 20.3. The van der Waals surface area contributed by atoms with E-state index in [0.29, 0.717) is 0 Å². The van der Waals surface area contributed by atoms with Crippen LogP contribution in [0, 0.1) is 0 Å². The predicted molar refractivity (Wildman–Crippen MR) is 172 cm³/mol. The molecule has 0 spiro atoms. The van der Waals surface area contributed by atoms with Gasteiger partial charge < -0.3 is 131 Å². The van der Waals surface area contributed by atoms with Gasteiger partial charge in [0.15, 0.2) is 25.0 Å². The maximum Gasteiger partial charge on any atom is 0.346 e. The van der Waals surface area contributed by atoms with Crippen LogP contribution in [0.15, 0.2) is 0 Å². The number of aliphatic hydroxyl groups is 20. The minimum atomic E-state index is -4.82. The molecular formula is C30H50O29. The number of Topliss-reactive ketones (excluding diaryl/α,β-unsaturated/α-hetero) is 2. The number of ether oxygens (including phenoxy) is 5. The molecule has 21 N–H and O–H groups in total. The third-order valence-corrected chi connectivity index (χ3v) is 10.1. The van der Waals surface area contributed by atoms with E-state index in [4.69, 9.17) is 24.1 Å². The summed E-state index contributed by atoms with van der Waals surface area (Å²) in [4.78, 5) is 39.8. The molecule has 3 rings (SSSR count). The van der Waals surface area contributed by atoms with Crippen molar-refractivity contribution in [2.75, 3.05) is 26.4 Å². The van der Waals surface area contributed by atoms with Gasteiger partial charge in [0.2, 0.25) is 17.2 Å². The first-order chi connectivity index (χ1) is 27.3. The average Bonchev–Trinajstić information content (AvgIpc) is 3.22. The van der Waals surface area contributed by atoms with Gasteiger partial charge in [0.05, 0.1) is 26.4 Å². The quantitative estimate of drug-likeness (QED) is 0.0536. The molecule has 0 radical (unpaired) electrons.